The molecular weight excluding hydrogens is 380 g/mol. The fraction of sp³-hybridized carbons (Fsp3) is 0.150. The molecule has 0 aliphatic carbocycles. The van der Waals surface area contributed by atoms with E-state index < -0.39 is 0 Å². The predicted octanol–water partition coefficient (Wildman–Crippen LogP) is 5.37. The molecule has 1 aromatic heterocycles. The van der Waals surface area contributed by atoms with E-state index in [2.05, 4.69) is 40.6 Å². The van der Waals surface area contributed by atoms with Gasteiger partial charge in [-0.25, -0.2) is 4.98 Å². The van der Waals surface area contributed by atoms with Crippen LogP contribution in [0.2, 0.25) is 5.02 Å². The predicted molar refractivity (Wildman–Crippen MR) is 111 cm³/mol. The van der Waals surface area contributed by atoms with Gasteiger partial charge < -0.3 is 4.74 Å². The van der Waals surface area contributed by atoms with Gasteiger partial charge in [0, 0.05) is 16.0 Å². The molecule has 1 N–H and O–H groups in total. The fourth-order valence-corrected chi connectivity index (χ4v) is 3.37. The van der Waals surface area contributed by atoms with Crippen LogP contribution in [-0.2, 0) is 6.42 Å². The topological polar surface area (TPSA) is 70.3 Å². The second-order valence-electron chi connectivity index (χ2n) is 5.62. The number of nitrogens with one attached hydrogen (secondary N) is 1. The normalized spacial score (nSPS) is 11.1. The number of rotatable bonds is 6. The van der Waals surface area contributed by atoms with Gasteiger partial charge in [0.25, 0.3) is 0 Å². The van der Waals surface area contributed by atoms with Crippen LogP contribution in [0.1, 0.15) is 17.5 Å². The first-order valence-corrected chi connectivity index (χ1v) is 9.53. The van der Waals surface area contributed by atoms with Crippen LogP contribution in [0.5, 0.6) is 5.75 Å². The number of nitriles is 1. The van der Waals surface area contributed by atoms with Crippen LogP contribution < -0.4 is 10.2 Å². The summed E-state index contributed by atoms with van der Waals surface area (Å²) in [5.41, 5.74) is 6.71. The number of aromatic nitrogens is 1. The summed E-state index contributed by atoms with van der Waals surface area (Å²) < 4.78 is 5.27. The molecule has 0 fully saturated rings. The minimum Gasteiger partial charge on any atom is -0.495 e. The first-order chi connectivity index (χ1) is 13.1. The Morgan fingerprint density at radius 1 is 1.30 bits per heavy atom. The number of nitrogens with zero attached hydrogens (tertiary/aromatic N) is 3. The van der Waals surface area contributed by atoms with Crippen molar-refractivity contribution in [2.24, 2.45) is 5.10 Å². The number of ether oxygens (including phenoxy) is 1. The fourth-order valence-electron chi connectivity index (χ4n) is 2.43. The first kappa shape index (κ1) is 18.9. The lowest BCUT2D eigenvalue weighted by Crippen LogP contribution is -2.02. The van der Waals surface area contributed by atoms with E-state index >= 15 is 0 Å². The summed E-state index contributed by atoms with van der Waals surface area (Å²) in [6.45, 7) is 2.12. The summed E-state index contributed by atoms with van der Waals surface area (Å²) in [6, 6.07) is 15.5. The molecule has 7 heteroatoms. The number of anilines is 1. The molecule has 0 radical (unpaired) electrons. The second kappa shape index (κ2) is 8.67. The average Bonchev–Trinajstić information content (AvgIpc) is 3.19. The van der Waals surface area contributed by atoms with Gasteiger partial charge >= 0.3 is 0 Å². The maximum atomic E-state index is 9.48. The molecule has 0 spiro atoms. The highest BCUT2D eigenvalue weighted by atomic mass is 35.5. The Bertz CT molecular complexity index is 1010. The molecule has 0 amide bonds. The second-order valence-corrected chi connectivity index (χ2v) is 6.91. The molecular formula is C20H17ClN4OS. The number of hydrogen-bond donors (Lipinski definition) is 1. The highest BCUT2D eigenvalue weighted by Gasteiger charge is 2.11. The Balaban J connectivity index is 1.84. The number of methoxy groups -OCH3 is 1. The van der Waals surface area contributed by atoms with Crippen molar-refractivity contribution in [3.8, 4) is 23.1 Å². The number of halogens is 1. The summed E-state index contributed by atoms with van der Waals surface area (Å²) >= 11 is 7.39. The number of thiazole rings is 1. The number of hydrogen-bond acceptors (Lipinski definition) is 6. The van der Waals surface area contributed by atoms with Crippen molar-refractivity contribution in [2.45, 2.75) is 13.3 Å². The van der Waals surface area contributed by atoms with Crippen LogP contribution in [0.25, 0.3) is 11.3 Å². The minimum absolute atomic E-state index is 0.193. The third kappa shape index (κ3) is 4.45. The van der Waals surface area contributed by atoms with Crippen LogP contribution in [0.15, 0.2) is 52.9 Å². The molecule has 0 bridgehead atoms. The molecule has 0 saturated heterocycles. The first-order valence-electron chi connectivity index (χ1n) is 8.27. The van der Waals surface area contributed by atoms with Crippen molar-refractivity contribution in [3.05, 3.63) is 63.4 Å². The molecule has 0 aliphatic rings. The zero-order valence-corrected chi connectivity index (χ0v) is 16.4. The van der Waals surface area contributed by atoms with E-state index in [1.54, 1.807) is 25.3 Å². The molecule has 0 atom stereocenters. The van der Waals surface area contributed by atoms with Gasteiger partial charge in [0.2, 0.25) is 0 Å². The molecule has 3 rings (SSSR count). The average molecular weight is 397 g/mol. The van der Waals surface area contributed by atoms with Gasteiger partial charge in [-0.3, -0.25) is 5.43 Å². The number of benzene rings is 2. The SMILES string of the molecule is CCc1ccc(-c2csc(/C(C#N)=N/Nc3cc(Cl)ccc3OC)n2)cc1. The summed E-state index contributed by atoms with van der Waals surface area (Å²) in [7, 11) is 1.56. The molecule has 27 heavy (non-hydrogen) atoms. The van der Waals surface area contributed by atoms with Crippen molar-refractivity contribution in [1.29, 1.82) is 5.26 Å². The molecule has 5 nitrogen and oxygen atoms in total. The van der Waals surface area contributed by atoms with Crippen molar-refractivity contribution < 1.29 is 4.74 Å². The summed E-state index contributed by atoms with van der Waals surface area (Å²) in [6.07, 6.45) is 0.993. The van der Waals surface area contributed by atoms with Crippen LogP contribution in [0, 0.1) is 11.3 Å². The third-order valence-electron chi connectivity index (χ3n) is 3.92. The Morgan fingerprint density at radius 3 is 2.74 bits per heavy atom. The lowest BCUT2D eigenvalue weighted by molar-refractivity contribution is 0.416. The van der Waals surface area contributed by atoms with E-state index in [1.807, 2.05) is 17.5 Å². The summed E-state index contributed by atoms with van der Waals surface area (Å²) in [4.78, 5) is 4.55. The summed E-state index contributed by atoms with van der Waals surface area (Å²) in [5, 5.41) is 16.7. The van der Waals surface area contributed by atoms with Crippen molar-refractivity contribution in [3.63, 3.8) is 0 Å². The largest absolute Gasteiger partial charge is 0.495 e. The standard InChI is InChI=1S/C20H17ClN4OS/c1-3-13-4-6-14(7-5-13)18-12-27-20(23-18)17(11-22)25-24-16-10-15(21)8-9-19(16)26-2/h4-10,12,24H,3H2,1-2H3/b25-17+. The van der Waals surface area contributed by atoms with Gasteiger partial charge in [0.1, 0.15) is 11.8 Å². The molecule has 136 valence electrons. The Morgan fingerprint density at radius 2 is 2.07 bits per heavy atom. The van der Waals surface area contributed by atoms with E-state index in [1.165, 1.54) is 16.9 Å². The van der Waals surface area contributed by atoms with Gasteiger partial charge in [0.15, 0.2) is 10.7 Å². The Hall–Kier alpha value is -2.88. The quantitative estimate of drug-likeness (QED) is 0.449. The van der Waals surface area contributed by atoms with Gasteiger partial charge in [0.05, 0.1) is 18.5 Å². The molecule has 0 saturated carbocycles. The van der Waals surface area contributed by atoms with Crippen LogP contribution in [-0.4, -0.2) is 17.8 Å². The van der Waals surface area contributed by atoms with Gasteiger partial charge in [-0.05, 0) is 30.2 Å². The highest BCUT2D eigenvalue weighted by Crippen LogP contribution is 2.28. The zero-order chi connectivity index (χ0) is 19.2. The molecule has 1 heterocycles. The Labute approximate surface area is 166 Å². The number of hydrazone groups is 1. The van der Waals surface area contributed by atoms with E-state index in [4.69, 9.17) is 16.3 Å². The molecule has 0 aliphatic heterocycles. The van der Waals surface area contributed by atoms with E-state index in [0.29, 0.717) is 21.5 Å². The molecule has 3 aromatic rings. The third-order valence-corrected chi connectivity index (χ3v) is 5.00. The number of aryl methyl sites for hydroxylation is 1. The lowest BCUT2D eigenvalue weighted by atomic mass is 10.1. The smallest absolute Gasteiger partial charge is 0.196 e. The lowest BCUT2D eigenvalue weighted by Gasteiger charge is -2.07. The van der Waals surface area contributed by atoms with Gasteiger partial charge in [-0.15, -0.1) is 11.3 Å². The monoisotopic (exact) mass is 396 g/mol. The maximum absolute atomic E-state index is 9.48. The van der Waals surface area contributed by atoms with Crippen LogP contribution in [0.4, 0.5) is 5.69 Å². The van der Waals surface area contributed by atoms with Crippen LogP contribution >= 0.6 is 22.9 Å². The maximum Gasteiger partial charge on any atom is 0.196 e. The summed E-state index contributed by atoms with van der Waals surface area (Å²) in [5.74, 6) is 0.580. The van der Waals surface area contributed by atoms with Crippen molar-refractivity contribution in [1.82, 2.24) is 4.98 Å². The van der Waals surface area contributed by atoms with Gasteiger partial charge in [-0.2, -0.15) is 10.4 Å². The van der Waals surface area contributed by atoms with E-state index in [0.717, 1.165) is 17.7 Å². The molecule has 2 aromatic carbocycles. The van der Waals surface area contributed by atoms with Crippen LogP contribution in [0.3, 0.4) is 0 Å². The zero-order valence-electron chi connectivity index (χ0n) is 14.9. The van der Waals surface area contributed by atoms with E-state index in [9.17, 15) is 5.26 Å². The van der Waals surface area contributed by atoms with Crippen molar-refractivity contribution in [2.75, 3.05) is 12.5 Å². The highest BCUT2D eigenvalue weighted by molar-refractivity contribution is 7.12. The minimum atomic E-state index is 0.193. The van der Waals surface area contributed by atoms with Gasteiger partial charge in [-0.1, -0.05) is 42.8 Å². The van der Waals surface area contributed by atoms with Crippen molar-refractivity contribution >= 4 is 34.3 Å². The van der Waals surface area contributed by atoms with E-state index in [-0.39, 0.29) is 5.71 Å². The molecule has 0 unspecified atom stereocenters. The Kier molecular flexibility index (Phi) is 6.07.